The Labute approximate surface area is 225 Å². The first-order chi connectivity index (χ1) is 18.1. The van der Waals surface area contributed by atoms with Gasteiger partial charge in [-0.05, 0) is 65.5 Å². The quantitative estimate of drug-likeness (QED) is 0.395. The lowest BCUT2D eigenvalue weighted by atomic mass is 10.1. The number of hydrogen-bond acceptors (Lipinski definition) is 7. The number of aryl methyl sites for hydroxylation is 1. The predicted octanol–water partition coefficient (Wildman–Crippen LogP) is 4.76. The van der Waals surface area contributed by atoms with Gasteiger partial charge in [-0.1, -0.05) is 12.8 Å². The number of aliphatic carboxylic acids is 1. The van der Waals surface area contributed by atoms with E-state index in [1.807, 2.05) is 17.7 Å². The van der Waals surface area contributed by atoms with Crippen LogP contribution in [0.1, 0.15) is 37.3 Å². The second kappa shape index (κ2) is 11.7. The molecule has 38 heavy (non-hydrogen) atoms. The maximum atomic E-state index is 13.1. The summed E-state index contributed by atoms with van der Waals surface area (Å²) in [6.45, 7) is 6.02. The van der Waals surface area contributed by atoms with E-state index in [9.17, 15) is 18.0 Å². The van der Waals surface area contributed by atoms with Crippen LogP contribution in [0, 0.1) is 6.92 Å². The summed E-state index contributed by atoms with van der Waals surface area (Å²) in [6, 6.07) is 8.58. The zero-order chi connectivity index (χ0) is 27.4. The molecule has 5 rings (SSSR count). The summed E-state index contributed by atoms with van der Waals surface area (Å²) in [7, 11) is 0. The Bertz CT molecular complexity index is 1350. The first-order valence-corrected chi connectivity index (χ1v) is 13.1. The van der Waals surface area contributed by atoms with Crippen molar-refractivity contribution in [1.29, 1.82) is 0 Å². The number of carboxylic acid groups (broad SMARTS) is 1. The molecule has 1 aliphatic carbocycles. The summed E-state index contributed by atoms with van der Waals surface area (Å²) in [5.74, 6) is -2.25. The first kappa shape index (κ1) is 27.8. The van der Waals surface area contributed by atoms with Crippen LogP contribution in [-0.2, 0) is 4.79 Å². The highest BCUT2D eigenvalue weighted by Gasteiger charge is 2.38. The number of fused-ring (bicyclic) bond motifs is 1. The first-order valence-electron chi connectivity index (χ1n) is 12.3. The maximum absolute atomic E-state index is 13.1. The molecule has 1 saturated carbocycles. The number of hydrogen-bond donors (Lipinski definition) is 3. The van der Waals surface area contributed by atoms with Crippen molar-refractivity contribution in [2.75, 3.05) is 36.4 Å². The van der Waals surface area contributed by atoms with E-state index in [2.05, 4.69) is 60.7 Å². The highest BCUT2D eigenvalue weighted by molar-refractivity contribution is 9.10. The highest BCUT2D eigenvalue weighted by atomic mass is 79.9. The van der Waals surface area contributed by atoms with Crippen molar-refractivity contribution < 1.29 is 23.1 Å². The molecule has 3 heterocycles. The lowest BCUT2D eigenvalue weighted by Gasteiger charge is -2.29. The molecule has 0 radical (unpaired) electrons. The van der Waals surface area contributed by atoms with Crippen molar-refractivity contribution in [3.63, 3.8) is 0 Å². The molecule has 1 aliphatic heterocycles. The second-order valence-corrected chi connectivity index (χ2v) is 9.99. The van der Waals surface area contributed by atoms with Crippen molar-refractivity contribution in [2.45, 2.75) is 44.8 Å². The molecule has 13 heteroatoms. The summed E-state index contributed by atoms with van der Waals surface area (Å²) >= 11 is 3.50. The standard InChI is InChI=1S/C23H27BrN6O.C2HF3O2/c1-15-19-14-26-23(27-16-6-8-17(9-7-16)29-12-10-25-11-13-29)28-21(19)30(22(31)20(15)24)18-4-2-3-5-18;3-2(4,5)1(6)7/h6-9,14,18,25H,2-5,10-13H2,1H3,(H,26,27,28);(H,6,7). The van der Waals surface area contributed by atoms with Gasteiger partial charge in [-0.15, -0.1) is 0 Å². The molecular weight excluding hydrogens is 569 g/mol. The summed E-state index contributed by atoms with van der Waals surface area (Å²) < 4.78 is 34.2. The van der Waals surface area contributed by atoms with E-state index in [-0.39, 0.29) is 11.6 Å². The average molecular weight is 597 g/mol. The molecule has 0 spiro atoms. The van der Waals surface area contributed by atoms with Crippen molar-refractivity contribution in [3.05, 3.63) is 50.9 Å². The van der Waals surface area contributed by atoms with E-state index < -0.39 is 12.1 Å². The van der Waals surface area contributed by atoms with Gasteiger partial charge in [0.05, 0.1) is 4.47 Å². The van der Waals surface area contributed by atoms with Crippen molar-refractivity contribution in [2.24, 2.45) is 0 Å². The fraction of sp³-hybridized carbons (Fsp3) is 0.440. The molecule has 0 atom stereocenters. The zero-order valence-corrected chi connectivity index (χ0v) is 22.3. The third-order valence-electron chi connectivity index (χ3n) is 6.67. The molecule has 3 N–H and O–H groups in total. The van der Waals surface area contributed by atoms with Crippen molar-refractivity contribution >= 4 is 50.3 Å². The third-order valence-corrected chi connectivity index (χ3v) is 7.61. The van der Waals surface area contributed by atoms with Gasteiger partial charge >= 0.3 is 12.1 Å². The minimum Gasteiger partial charge on any atom is -0.475 e. The molecule has 2 fully saturated rings. The van der Waals surface area contributed by atoms with E-state index in [4.69, 9.17) is 14.9 Å². The van der Waals surface area contributed by atoms with Crippen LogP contribution in [0.15, 0.2) is 39.7 Å². The van der Waals surface area contributed by atoms with Gasteiger partial charge in [-0.2, -0.15) is 18.2 Å². The van der Waals surface area contributed by atoms with Crippen LogP contribution >= 0.6 is 15.9 Å². The smallest absolute Gasteiger partial charge is 0.475 e. The number of aromatic nitrogens is 3. The monoisotopic (exact) mass is 596 g/mol. The van der Waals surface area contributed by atoms with Crippen LogP contribution in [0.3, 0.4) is 0 Å². The van der Waals surface area contributed by atoms with E-state index >= 15 is 0 Å². The van der Waals surface area contributed by atoms with Crippen molar-refractivity contribution in [3.8, 4) is 0 Å². The van der Waals surface area contributed by atoms with Crippen LogP contribution in [0.4, 0.5) is 30.5 Å². The topological polar surface area (TPSA) is 112 Å². The Morgan fingerprint density at radius 3 is 2.34 bits per heavy atom. The highest BCUT2D eigenvalue weighted by Crippen LogP contribution is 2.33. The lowest BCUT2D eigenvalue weighted by Crippen LogP contribution is -2.43. The minimum atomic E-state index is -5.08. The van der Waals surface area contributed by atoms with Crippen LogP contribution in [0.2, 0.25) is 0 Å². The van der Waals surface area contributed by atoms with Crippen LogP contribution in [-0.4, -0.2) is 58.0 Å². The molecule has 1 aromatic carbocycles. The fourth-order valence-electron chi connectivity index (χ4n) is 4.67. The Morgan fingerprint density at radius 1 is 1.16 bits per heavy atom. The Hall–Kier alpha value is -3.19. The molecule has 3 aromatic rings. The van der Waals surface area contributed by atoms with Gasteiger partial charge in [-0.25, -0.2) is 9.78 Å². The molecule has 2 aliphatic rings. The summed E-state index contributed by atoms with van der Waals surface area (Å²) in [5, 5.41) is 14.7. The van der Waals surface area contributed by atoms with Gasteiger partial charge in [0.2, 0.25) is 5.95 Å². The molecule has 2 aromatic heterocycles. The molecule has 1 saturated heterocycles. The van der Waals surface area contributed by atoms with Crippen LogP contribution in [0.5, 0.6) is 0 Å². The number of anilines is 3. The van der Waals surface area contributed by atoms with Crippen LogP contribution in [0.25, 0.3) is 11.0 Å². The molecule has 0 unspecified atom stereocenters. The predicted molar refractivity (Wildman–Crippen MR) is 142 cm³/mol. The molecule has 9 nitrogen and oxygen atoms in total. The molecule has 204 valence electrons. The molecule has 0 amide bonds. The summed E-state index contributed by atoms with van der Waals surface area (Å²) in [6.07, 6.45) is 1.08. The molecular formula is C25H28BrF3N6O3. The van der Waals surface area contributed by atoms with Crippen molar-refractivity contribution in [1.82, 2.24) is 19.9 Å². The van der Waals surface area contributed by atoms with Gasteiger partial charge in [0, 0.05) is 55.2 Å². The van der Waals surface area contributed by atoms with E-state index in [0.717, 1.165) is 68.5 Å². The van der Waals surface area contributed by atoms with Gasteiger partial charge in [0.25, 0.3) is 5.56 Å². The Kier molecular flexibility index (Phi) is 8.56. The number of benzene rings is 1. The maximum Gasteiger partial charge on any atom is 0.490 e. The Balaban J connectivity index is 0.000000426. The van der Waals surface area contributed by atoms with E-state index in [1.54, 1.807) is 0 Å². The number of carbonyl (C=O) groups is 1. The second-order valence-electron chi connectivity index (χ2n) is 9.20. The zero-order valence-electron chi connectivity index (χ0n) is 20.7. The normalized spacial score (nSPS) is 16.3. The molecule has 0 bridgehead atoms. The number of pyridine rings is 1. The SMILES string of the molecule is Cc1c(Br)c(=O)n(C2CCCC2)c2nc(Nc3ccc(N4CCNCC4)cc3)ncc12.O=C(O)C(F)(F)F. The number of piperazine rings is 1. The van der Waals surface area contributed by atoms with Gasteiger partial charge < -0.3 is 20.6 Å². The number of carboxylic acids is 1. The van der Waals surface area contributed by atoms with Gasteiger partial charge in [-0.3, -0.25) is 9.36 Å². The average Bonchev–Trinajstić information content (AvgIpc) is 3.43. The minimum absolute atomic E-state index is 0.00178. The number of rotatable bonds is 4. The number of nitrogens with one attached hydrogen (secondary N) is 2. The van der Waals surface area contributed by atoms with Gasteiger partial charge in [0.1, 0.15) is 5.65 Å². The lowest BCUT2D eigenvalue weighted by molar-refractivity contribution is -0.192. The van der Waals surface area contributed by atoms with Crippen LogP contribution < -0.4 is 21.1 Å². The third kappa shape index (κ3) is 6.26. The number of halogens is 4. The Morgan fingerprint density at radius 2 is 1.76 bits per heavy atom. The fourth-order valence-corrected chi connectivity index (χ4v) is 5.08. The summed E-state index contributed by atoms with van der Waals surface area (Å²) in [5.41, 5.74) is 3.76. The van der Waals surface area contributed by atoms with Gasteiger partial charge in [0.15, 0.2) is 0 Å². The number of alkyl halides is 3. The largest absolute Gasteiger partial charge is 0.490 e. The number of nitrogens with zero attached hydrogens (tertiary/aromatic N) is 4. The summed E-state index contributed by atoms with van der Waals surface area (Å²) in [4.78, 5) is 33.7. The van der Waals surface area contributed by atoms with E-state index in [1.165, 1.54) is 5.69 Å². The van der Waals surface area contributed by atoms with E-state index in [0.29, 0.717) is 16.1 Å².